The van der Waals surface area contributed by atoms with Gasteiger partial charge in [-0.25, -0.2) is 13.4 Å². The van der Waals surface area contributed by atoms with E-state index < -0.39 is 10.0 Å². The van der Waals surface area contributed by atoms with Crippen molar-refractivity contribution in [2.45, 2.75) is 11.1 Å². The van der Waals surface area contributed by atoms with Gasteiger partial charge in [0.25, 0.3) is 15.9 Å². The van der Waals surface area contributed by atoms with Crippen molar-refractivity contribution in [3.8, 4) is 10.6 Å². The van der Waals surface area contributed by atoms with Gasteiger partial charge in [0.2, 0.25) is 0 Å². The number of rotatable bonds is 4. The van der Waals surface area contributed by atoms with E-state index in [1.54, 1.807) is 35.5 Å². The molecular weight excluding hydrogens is 500 g/mol. The fourth-order valence-electron chi connectivity index (χ4n) is 3.73. The van der Waals surface area contributed by atoms with Crippen molar-refractivity contribution in [1.29, 1.82) is 0 Å². The highest BCUT2D eigenvalue weighted by Gasteiger charge is 2.32. The molecule has 1 aromatic carbocycles. The molecule has 1 saturated heterocycles. The number of hydrogen-bond donors (Lipinski definition) is 0. The molecule has 1 amide bonds. The van der Waals surface area contributed by atoms with E-state index in [1.807, 2.05) is 25.1 Å². The van der Waals surface area contributed by atoms with Crippen LogP contribution >= 0.6 is 34.3 Å². The minimum atomic E-state index is -3.64. The van der Waals surface area contributed by atoms with Gasteiger partial charge < -0.3 is 4.90 Å². The van der Waals surface area contributed by atoms with Gasteiger partial charge in [0.05, 0.1) is 5.69 Å². The summed E-state index contributed by atoms with van der Waals surface area (Å²) in [6.07, 6.45) is 3.39. The number of carbonyl (C=O) groups is 1. The molecule has 0 saturated carbocycles. The van der Waals surface area contributed by atoms with Gasteiger partial charge in [0.15, 0.2) is 0 Å². The summed E-state index contributed by atoms with van der Waals surface area (Å²) in [5.74, 6) is -0.112. The fraction of sp³-hybridized carbons (Fsp3) is 0.227. The van der Waals surface area contributed by atoms with Crippen LogP contribution in [0.3, 0.4) is 0 Å². The highest BCUT2D eigenvalue weighted by atomic mass is 35.5. The van der Waals surface area contributed by atoms with Crippen LogP contribution < -0.4 is 0 Å². The van der Waals surface area contributed by atoms with Crippen LogP contribution in [0.1, 0.15) is 15.4 Å². The highest BCUT2D eigenvalue weighted by molar-refractivity contribution is 7.91. The molecule has 0 radical (unpaired) electrons. The number of thiazole rings is 1. The summed E-state index contributed by atoms with van der Waals surface area (Å²) in [5.41, 5.74) is 1.59. The van der Waals surface area contributed by atoms with E-state index in [9.17, 15) is 13.2 Å². The Hall–Kier alpha value is -2.37. The summed E-state index contributed by atoms with van der Waals surface area (Å²) >= 11 is 8.62. The summed E-state index contributed by atoms with van der Waals surface area (Å²) in [5, 5.41) is 2.15. The fourth-order valence-corrected chi connectivity index (χ4v) is 7.91. The number of sulfonamides is 1. The van der Waals surface area contributed by atoms with E-state index in [1.165, 1.54) is 27.0 Å². The van der Waals surface area contributed by atoms with Crippen LogP contribution in [0, 0.1) is 6.92 Å². The van der Waals surface area contributed by atoms with Crippen molar-refractivity contribution in [2.24, 2.45) is 0 Å². The van der Waals surface area contributed by atoms with Crippen molar-refractivity contribution < 1.29 is 13.2 Å². The third kappa shape index (κ3) is 4.29. The van der Waals surface area contributed by atoms with Gasteiger partial charge in [0.1, 0.15) is 14.1 Å². The van der Waals surface area contributed by atoms with Crippen LogP contribution in [-0.2, 0) is 10.0 Å². The quantitative estimate of drug-likeness (QED) is 0.396. The Bertz CT molecular complexity index is 1440. The molecule has 1 aliphatic rings. The molecule has 0 bridgehead atoms. The number of amides is 1. The molecule has 3 aromatic heterocycles. The Morgan fingerprint density at radius 3 is 2.48 bits per heavy atom. The van der Waals surface area contributed by atoms with Crippen molar-refractivity contribution in [3.63, 3.8) is 0 Å². The Kier molecular flexibility index (Phi) is 5.96. The Balaban J connectivity index is 1.30. The lowest BCUT2D eigenvalue weighted by molar-refractivity contribution is 0.0702. The molecule has 170 valence electrons. The second-order valence-corrected chi connectivity index (χ2v) is 12.3. The molecule has 7 nitrogen and oxygen atoms in total. The number of aryl methyl sites for hydroxylation is 1. The zero-order valence-electron chi connectivity index (χ0n) is 17.6. The Morgan fingerprint density at radius 1 is 1.03 bits per heavy atom. The average molecular weight is 519 g/mol. The number of piperazine rings is 1. The molecular formula is C22H19ClN4O3S3. The molecule has 0 atom stereocenters. The van der Waals surface area contributed by atoms with Gasteiger partial charge in [-0.1, -0.05) is 11.6 Å². The smallest absolute Gasteiger partial charge is 0.265 e. The summed E-state index contributed by atoms with van der Waals surface area (Å²) in [7, 11) is -3.64. The lowest BCUT2D eigenvalue weighted by Gasteiger charge is -2.33. The van der Waals surface area contributed by atoms with E-state index in [0.717, 1.165) is 20.7 Å². The first kappa shape index (κ1) is 22.4. The van der Waals surface area contributed by atoms with Crippen LogP contribution in [0.15, 0.2) is 53.0 Å². The maximum atomic E-state index is 13.2. The van der Waals surface area contributed by atoms with Crippen LogP contribution in [0.25, 0.3) is 20.7 Å². The lowest BCUT2D eigenvalue weighted by atomic mass is 10.3. The SMILES string of the molecule is Cc1nc(-c2ccncc2)sc1C(=O)N1CCN(S(=O)(=O)c2cc3cc(Cl)ccc3s2)CC1. The van der Waals surface area contributed by atoms with Gasteiger partial charge in [0, 0.05) is 53.9 Å². The molecule has 0 unspecified atom stereocenters. The molecule has 4 heterocycles. The van der Waals surface area contributed by atoms with E-state index in [4.69, 9.17) is 11.6 Å². The van der Waals surface area contributed by atoms with E-state index in [0.29, 0.717) is 32.9 Å². The third-order valence-electron chi connectivity index (χ3n) is 5.49. The second kappa shape index (κ2) is 8.77. The minimum absolute atomic E-state index is 0.112. The number of thiophene rings is 1. The summed E-state index contributed by atoms with van der Waals surface area (Å²) in [6, 6.07) is 10.7. The van der Waals surface area contributed by atoms with Crippen LogP contribution in [0.4, 0.5) is 0 Å². The van der Waals surface area contributed by atoms with E-state index >= 15 is 0 Å². The third-order valence-corrected chi connectivity index (χ3v) is 10.4. The van der Waals surface area contributed by atoms with Gasteiger partial charge in [-0.3, -0.25) is 9.78 Å². The number of pyridine rings is 1. The van der Waals surface area contributed by atoms with Gasteiger partial charge in [-0.05, 0) is 48.7 Å². The van der Waals surface area contributed by atoms with Crippen LogP contribution in [-0.4, -0.2) is 59.7 Å². The number of carbonyl (C=O) groups excluding carboxylic acids is 1. The molecule has 33 heavy (non-hydrogen) atoms. The Labute approximate surface area is 204 Å². The highest BCUT2D eigenvalue weighted by Crippen LogP contribution is 2.33. The summed E-state index contributed by atoms with van der Waals surface area (Å²) in [6.45, 7) is 2.98. The number of halogens is 1. The second-order valence-electron chi connectivity index (χ2n) is 7.61. The maximum absolute atomic E-state index is 13.2. The zero-order chi connectivity index (χ0) is 23.2. The Morgan fingerprint density at radius 2 is 1.76 bits per heavy atom. The van der Waals surface area contributed by atoms with E-state index in [-0.39, 0.29) is 19.0 Å². The van der Waals surface area contributed by atoms with Crippen molar-refractivity contribution >= 4 is 60.3 Å². The summed E-state index contributed by atoms with van der Waals surface area (Å²) < 4.78 is 29.0. The zero-order valence-corrected chi connectivity index (χ0v) is 20.8. The number of hydrogen-bond acceptors (Lipinski definition) is 7. The number of fused-ring (bicyclic) bond motifs is 1. The number of nitrogens with zero attached hydrogens (tertiary/aromatic N) is 4. The molecule has 5 rings (SSSR count). The standard InChI is InChI=1S/C22H19ClN4O3S3/c1-14-20(32-21(25-14)15-4-6-24-7-5-15)22(28)26-8-10-27(11-9-26)33(29,30)19-13-16-12-17(23)2-3-18(16)31-19/h2-7,12-13H,8-11H2,1H3. The molecule has 11 heteroatoms. The van der Waals surface area contributed by atoms with Crippen LogP contribution in [0.5, 0.6) is 0 Å². The number of benzene rings is 1. The first-order valence-corrected chi connectivity index (χ1v) is 13.6. The van der Waals surface area contributed by atoms with Crippen molar-refractivity contribution in [1.82, 2.24) is 19.2 Å². The van der Waals surface area contributed by atoms with Crippen LogP contribution in [0.2, 0.25) is 5.02 Å². The van der Waals surface area contributed by atoms with Crippen molar-refractivity contribution in [3.05, 3.63) is 64.4 Å². The molecule has 0 N–H and O–H groups in total. The lowest BCUT2D eigenvalue weighted by Crippen LogP contribution is -2.50. The first-order valence-electron chi connectivity index (χ1n) is 10.2. The largest absolute Gasteiger partial charge is 0.335 e. The van der Waals surface area contributed by atoms with Gasteiger partial charge >= 0.3 is 0 Å². The molecule has 0 aliphatic carbocycles. The molecule has 0 spiro atoms. The normalized spacial score (nSPS) is 15.3. The molecule has 1 fully saturated rings. The maximum Gasteiger partial charge on any atom is 0.265 e. The van der Waals surface area contributed by atoms with Gasteiger partial charge in [-0.15, -0.1) is 22.7 Å². The summed E-state index contributed by atoms with van der Waals surface area (Å²) in [4.78, 5) is 24.0. The predicted molar refractivity (Wildman–Crippen MR) is 132 cm³/mol. The van der Waals surface area contributed by atoms with E-state index in [2.05, 4.69) is 9.97 Å². The molecule has 1 aliphatic heterocycles. The monoisotopic (exact) mass is 518 g/mol. The van der Waals surface area contributed by atoms with Crippen molar-refractivity contribution in [2.75, 3.05) is 26.2 Å². The minimum Gasteiger partial charge on any atom is -0.335 e. The topological polar surface area (TPSA) is 83.5 Å². The predicted octanol–water partition coefficient (Wildman–Crippen LogP) is 4.53. The molecule has 4 aromatic rings. The first-order chi connectivity index (χ1) is 15.8. The van der Waals surface area contributed by atoms with Gasteiger partial charge in [-0.2, -0.15) is 4.31 Å². The average Bonchev–Trinajstić information content (AvgIpc) is 3.43. The number of aromatic nitrogens is 2.